The first kappa shape index (κ1) is 12.0. The maximum absolute atomic E-state index is 11.8. The van der Waals surface area contributed by atoms with Crippen molar-refractivity contribution in [1.82, 2.24) is 4.98 Å². The minimum Gasteiger partial charge on any atom is -0.326 e. The van der Waals surface area contributed by atoms with Crippen LogP contribution in [0.15, 0.2) is 23.0 Å². The summed E-state index contributed by atoms with van der Waals surface area (Å²) >= 11 is 0. The van der Waals surface area contributed by atoms with E-state index in [2.05, 4.69) is 10.3 Å². The second-order valence-corrected chi connectivity index (χ2v) is 5.29. The van der Waals surface area contributed by atoms with Gasteiger partial charge in [0.1, 0.15) is 0 Å². The zero-order chi connectivity index (χ0) is 13.6. The number of rotatable bonds is 2. The zero-order valence-electron chi connectivity index (χ0n) is 11.0. The number of hydrogen-bond acceptors (Lipinski definition) is 2. The molecule has 1 aromatic carbocycles. The van der Waals surface area contributed by atoms with Gasteiger partial charge in [-0.05, 0) is 49.9 Å². The lowest BCUT2D eigenvalue weighted by molar-refractivity contribution is -0.117. The molecule has 4 nitrogen and oxygen atoms in total. The Morgan fingerprint density at radius 3 is 2.63 bits per heavy atom. The summed E-state index contributed by atoms with van der Waals surface area (Å²) in [5.41, 5.74) is 3.43. The standard InChI is InChI=1S/C15H16N2O2/c1-8-6-14(18)16-13-5-9(2)12(7-11(8)13)17-15(19)10-3-4-10/h5-7,10H,3-4H2,1-2H3,(H,16,18)(H,17,19). The normalized spacial score (nSPS) is 14.6. The Morgan fingerprint density at radius 2 is 1.95 bits per heavy atom. The summed E-state index contributed by atoms with van der Waals surface area (Å²) in [6.45, 7) is 3.84. The summed E-state index contributed by atoms with van der Waals surface area (Å²) in [4.78, 5) is 26.1. The van der Waals surface area contributed by atoms with E-state index in [0.29, 0.717) is 0 Å². The van der Waals surface area contributed by atoms with Crippen molar-refractivity contribution < 1.29 is 4.79 Å². The zero-order valence-corrected chi connectivity index (χ0v) is 11.0. The van der Waals surface area contributed by atoms with Crippen LogP contribution in [-0.2, 0) is 4.79 Å². The molecule has 2 aromatic rings. The maximum Gasteiger partial charge on any atom is 0.248 e. The van der Waals surface area contributed by atoms with E-state index in [4.69, 9.17) is 0 Å². The molecule has 98 valence electrons. The van der Waals surface area contributed by atoms with Crippen LogP contribution in [0, 0.1) is 19.8 Å². The van der Waals surface area contributed by atoms with E-state index in [-0.39, 0.29) is 17.4 Å². The molecule has 3 rings (SSSR count). The van der Waals surface area contributed by atoms with Crippen LogP contribution in [0.2, 0.25) is 0 Å². The van der Waals surface area contributed by atoms with Crippen LogP contribution < -0.4 is 10.9 Å². The smallest absolute Gasteiger partial charge is 0.248 e. The highest BCUT2D eigenvalue weighted by molar-refractivity contribution is 5.97. The number of nitrogens with one attached hydrogen (secondary N) is 2. The first-order valence-corrected chi connectivity index (χ1v) is 6.50. The molecule has 1 amide bonds. The van der Waals surface area contributed by atoms with E-state index in [1.54, 1.807) is 6.07 Å². The topological polar surface area (TPSA) is 62.0 Å². The first-order valence-electron chi connectivity index (χ1n) is 6.50. The summed E-state index contributed by atoms with van der Waals surface area (Å²) < 4.78 is 0. The van der Waals surface area contributed by atoms with Crippen LogP contribution >= 0.6 is 0 Å². The molecule has 0 unspecified atom stereocenters. The van der Waals surface area contributed by atoms with Gasteiger partial charge in [-0.25, -0.2) is 0 Å². The number of benzene rings is 1. The summed E-state index contributed by atoms with van der Waals surface area (Å²) in [6.07, 6.45) is 1.98. The highest BCUT2D eigenvalue weighted by atomic mass is 16.2. The number of anilines is 1. The summed E-state index contributed by atoms with van der Waals surface area (Å²) in [5, 5.41) is 3.94. The number of pyridine rings is 1. The monoisotopic (exact) mass is 256 g/mol. The summed E-state index contributed by atoms with van der Waals surface area (Å²) in [5.74, 6) is 0.288. The lowest BCUT2D eigenvalue weighted by Crippen LogP contribution is -2.14. The lowest BCUT2D eigenvalue weighted by Gasteiger charge is -2.11. The number of H-pyrrole nitrogens is 1. The van der Waals surface area contributed by atoms with Crippen molar-refractivity contribution in [1.29, 1.82) is 0 Å². The molecule has 0 atom stereocenters. The molecular formula is C15H16N2O2. The number of hydrogen-bond donors (Lipinski definition) is 2. The molecule has 0 aliphatic heterocycles. The largest absolute Gasteiger partial charge is 0.326 e. The summed E-state index contributed by atoms with van der Waals surface area (Å²) in [6, 6.07) is 5.42. The van der Waals surface area contributed by atoms with Gasteiger partial charge in [0.25, 0.3) is 0 Å². The maximum atomic E-state index is 11.8. The SMILES string of the molecule is Cc1cc2[nH]c(=O)cc(C)c2cc1NC(=O)C1CC1. The fourth-order valence-corrected chi connectivity index (χ4v) is 2.30. The fourth-order valence-electron chi connectivity index (χ4n) is 2.30. The molecule has 1 aromatic heterocycles. The fraction of sp³-hybridized carbons (Fsp3) is 0.333. The molecule has 0 radical (unpaired) electrons. The van der Waals surface area contributed by atoms with Gasteiger partial charge in [0, 0.05) is 28.6 Å². The van der Waals surface area contributed by atoms with Gasteiger partial charge in [-0.3, -0.25) is 9.59 Å². The van der Waals surface area contributed by atoms with Crippen molar-refractivity contribution in [2.24, 2.45) is 5.92 Å². The third-order valence-corrected chi connectivity index (χ3v) is 3.60. The number of aromatic amines is 1. The number of carbonyl (C=O) groups is 1. The number of carbonyl (C=O) groups excluding carboxylic acids is 1. The Bertz CT molecular complexity index is 727. The van der Waals surface area contributed by atoms with Gasteiger partial charge < -0.3 is 10.3 Å². The van der Waals surface area contributed by atoms with Gasteiger partial charge in [-0.1, -0.05) is 0 Å². The Hall–Kier alpha value is -2.10. The first-order chi connectivity index (χ1) is 9.04. The van der Waals surface area contributed by atoms with E-state index in [0.717, 1.165) is 40.6 Å². The average Bonchev–Trinajstić information content (AvgIpc) is 3.14. The van der Waals surface area contributed by atoms with Crippen LogP contribution in [0.5, 0.6) is 0 Å². The highest BCUT2D eigenvalue weighted by Gasteiger charge is 2.29. The predicted octanol–water partition coefficient (Wildman–Crippen LogP) is 2.49. The van der Waals surface area contributed by atoms with E-state index < -0.39 is 0 Å². The Labute approximate surface area is 110 Å². The Morgan fingerprint density at radius 1 is 1.21 bits per heavy atom. The van der Waals surface area contributed by atoms with E-state index in [1.165, 1.54) is 0 Å². The van der Waals surface area contributed by atoms with E-state index >= 15 is 0 Å². The molecule has 0 saturated heterocycles. The number of fused-ring (bicyclic) bond motifs is 1. The van der Waals surface area contributed by atoms with E-state index in [9.17, 15) is 9.59 Å². The molecule has 1 heterocycles. The van der Waals surface area contributed by atoms with Gasteiger partial charge in [-0.15, -0.1) is 0 Å². The van der Waals surface area contributed by atoms with Crippen molar-refractivity contribution in [3.63, 3.8) is 0 Å². The van der Waals surface area contributed by atoms with Crippen molar-refractivity contribution >= 4 is 22.5 Å². The van der Waals surface area contributed by atoms with Crippen molar-refractivity contribution in [3.05, 3.63) is 39.7 Å². The van der Waals surface area contributed by atoms with Gasteiger partial charge in [0.05, 0.1) is 0 Å². The Kier molecular flexibility index (Phi) is 2.66. The molecule has 0 spiro atoms. The Balaban J connectivity index is 2.07. The molecule has 1 aliphatic carbocycles. The third kappa shape index (κ3) is 2.26. The third-order valence-electron chi connectivity index (χ3n) is 3.60. The van der Waals surface area contributed by atoms with E-state index in [1.807, 2.05) is 26.0 Å². The van der Waals surface area contributed by atoms with Gasteiger partial charge in [0.2, 0.25) is 11.5 Å². The van der Waals surface area contributed by atoms with Gasteiger partial charge in [-0.2, -0.15) is 0 Å². The van der Waals surface area contributed by atoms with Crippen molar-refractivity contribution in [3.8, 4) is 0 Å². The second-order valence-electron chi connectivity index (χ2n) is 5.29. The molecule has 19 heavy (non-hydrogen) atoms. The number of amides is 1. The molecule has 1 saturated carbocycles. The van der Waals surface area contributed by atoms with Gasteiger partial charge >= 0.3 is 0 Å². The molecule has 2 N–H and O–H groups in total. The van der Waals surface area contributed by atoms with Gasteiger partial charge in [0.15, 0.2) is 0 Å². The average molecular weight is 256 g/mol. The molecule has 0 bridgehead atoms. The van der Waals surface area contributed by atoms with Crippen LogP contribution in [0.25, 0.3) is 10.9 Å². The van der Waals surface area contributed by atoms with Crippen LogP contribution in [-0.4, -0.2) is 10.9 Å². The highest BCUT2D eigenvalue weighted by Crippen LogP contribution is 2.31. The quantitative estimate of drug-likeness (QED) is 0.867. The van der Waals surface area contributed by atoms with Crippen LogP contribution in [0.3, 0.4) is 0 Å². The second kappa shape index (κ2) is 4.23. The molecule has 1 fully saturated rings. The van der Waals surface area contributed by atoms with Crippen LogP contribution in [0.1, 0.15) is 24.0 Å². The van der Waals surface area contributed by atoms with Crippen LogP contribution in [0.4, 0.5) is 5.69 Å². The number of aryl methyl sites for hydroxylation is 2. The number of aromatic nitrogens is 1. The lowest BCUT2D eigenvalue weighted by atomic mass is 10.1. The molecule has 1 aliphatic rings. The molecular weight excluding hydrogens is 240 g/mol. The minimum absolute atomic E-state index is 0.0980. The summed E-state index contributed by atoms with van der Waals surface area (Å²) in [7, 11) is 0. The predicted molar refractivity (Wildman–Crippen MR) is 75.4 cm³/mol. The molecule has 4 heteroatoms. The minimum atomic E-state index is -0.0980. The van der Waals surface area contributed by atoms with Crippen molar-refractivity contribution in [2.75, 3.05) is 5.32 Å². The van der Waals surface area contributed by atoms with Crippen molar-refractivity contribution in [2.45, 2.75) is 26.7 Å².